The van der Waals surface area contributed by atoms with Gasteiger partial charge in [-0.05, 0) is 41.3 Å². The van der Waals surface area contributed by atoms with Crippen molar-refractivity contribution >= 4 is 5.91 Å². The van der Waals surface area contributed by atoms with E-state index < -0.39 is 5.82 Å². The number of rotatable bonds is 9. The zero-order chi connectivity index (χ0) is 23.1. The Hall–Kier alpha value is -2.80. The zero-order valence-corrected chi connectivity index (χ0v) is 19.1. The molecule has 1 unspecified atom stereocenters. The van der Waals surface area contributed by atoms with E-state index in [9.17, 15) is 14.3 Å². The van der Waals surface area contributed by atoms with Crippen LogP contribution in [0.4, 0.5) is 4.39 Å². The van der Waals surface area contributed by atoms with Crippen LogP contribution < -0.4 is 14.8 Å². The highest BCUT2D eigenvalue weighted by Crippen LogP contribution is 2.34. The number of aromatic hydroxyl groups is 1. The summed E-state index contributed by atoms with van der Waals surface area (Å²) in [4.78, 5) is 15.0. The number of nitrogens with one attached hydrogen (secondary N) is 1. The summed E-state index contributed by atoms with van der Waals surface area (Å²) in [5.74, 6) is 0.339. The molecule has 2 N–H and O–H groups in total. The highest BCUT2D eigenvalue weighted by atomic mass is 19.1. The van der Waals surface area contributed by atoms with E-state index in [0.29, 0.717) is 57.1 Å². The monoisotopic (exact) mass is 444 g/mol. The molecule has 0 radical (unpaired) electrons. The molecule has 0 saturated heterocycles. The minimum absolute atomic E-state index is 0.00892. The minimum atomic E-state index is -0.461. The fourth-order valence-electron chi connectivity index (χ4n) is 3.77. The summed E-state index contributed by atoms with van der Waals surface area (Å²) in [6, 6.07) is 10.2. The highest BCUT2D eigenvalue weighted by Gasteiger charge is 2.23. The molecule has 1 atom stereocenters. The van der Waals surface area contributed by atoms with Gasteiger partial charge in [-0.2, -0.15) is 0 Å². The highest BCUT2D eigenvalue weighted by molar-refractivity contribution is 5.78. The number of phenolic OH excluding ortho intramolecular Hbond substituents is 1. The second-order valence-electron chi connectivity index (χ2n) is 8.77. The largest absolute Gasteiger partial charge is 0.508 e. The molecule has 0 aromatic heterocycles. The lowest BCUT2D eigenvalue weighted by molar-refractivity contribution is -0.136. The molecule has 2 aromatic rings. The normalized spacial score (nSPS) is 14.2. The molecular weight excluding hydrogens is 411 g/mol. The molecule has 1 aliphatic rings. The van der Waals surface area contributed by atoms with Crippen LogP contribution in [0.2, 0.25) is 0 Å². The molecule has 6 nitrogen and oxygen atoms in total. The standard InChI is InChI=1S/C25H33FN2O4/c1-17(2)15-28(16-20-11-22(26)24-23(12-20)31-8-5-9-32-24)25(30)18(3)13-27-14-19-6-4-7-21(29)10-19/h4,6-7,10-12,17-18,27,29H,5,8-9,13-16H2,1-3H3. The van der Waals surface area contributed by atoms with Gasteiger partial charge in [-0.3, -0.25) is 4.79 Å². The van der Waals surface area contributed by atoms with Gasteiger partial charge in [0.25, 0.3) is 0 Å². The Kier molecular flexibility index (Phi) is 8.33. The molecular formula is C25H33FN2O4. The first-order valence-corrected chi connectivity index (χ1v) is 11.2. The Morgan fingerprint density at radius 1 is 1.16 bits per heavy atom. The summed E-state index contributed by atoms with van der Waals surface area (Å²) in [6.07, 6.45) is 0.703. The van der Waals surface area contributed by atoms with E-state index in [0.717, 1.165) is 5.56 Å². The Bertz CT molecular complexity index is 919. The Morgan fingerprint density at radius 2 is 1.94 bits per heavy atom. The Labute approximate surface area is 189 Å². The van der Waals surface area contributed by atoms with E-state index in [2.05, 4.69) is 19.2 Å². The second kappa shape index (κ2) is 11.2. The fraction of sp³-hybridized carbons (Fsp3) is 0.480. The lowest BCUT2D eigenvalue weighted by atomic mass is 10.1. The number of phenols is 1. The summed E-state index contributed by atoms with van der Waals surface area (Å²) in [5.41, 5.74) is 1.63. The van der Waals surface area contributed by atoms with Crippen molar-refractivity contribution in [2.75, 3.05) is 26.3 Å². The quantitative estimate of drug-likeness (QED) is 0.609. The Morgan fingerprint density at radius 3 is 2.69 bits per heavy atom. The summed E-state index contributed by atoms with van der Waals surface area (Å²) in [7, 11) is 0. The van der Waals surface area contributed by atoms with E-state index in [1.54, 1.807) is 29.2 Å². The Balaban J connectivity index is 1.65. The summed E-state index contributed by atoms with van der Waals surface area (Å²) >= 11 is 0. The molecule has 3 rings (SSSR count). The zero-order valence-electron chi connectivity index (χ0n) is 19.1. The smallest absolute Gasteiger partial charge is 0.226 e. The topological polar surface area (TPSA) is 71.0 Å². The SMILES string of the molecule is CC(C)CN(Cc1cc(F)c2c(c1)OCCCO2)C(=O)C(C)CNCc1cccc(O)c1. The molecule has 32 heavy (non-hydrogen) atoms. The van der Waals surface area contributed by atoms with Crippen molar-refractivity contribution < 1.29 is 23.8 Å². The molecule has 1 amide bonds. The molecule has 0 bridgehead atoms. The predicted octanol–water partition coefficient (Wildman–Crippen LogP) is 4.10. The van der Waals surface area contributed by atoms with Gasteiger partial charge >= 0.3 is 0 Å². The number of halogens is 1. The summed E-state index contributed by atoms with van der Waals surface area (Å²) in [6.45, 7) is 8.84. The van der Waals surface area contributed by atoms with E-state index in [4.69, 9.17) is 9.47 Å². The number of carbonyl (C=O) groups excluding carboxylic acids is 1. The second-order valence-corrected chi connectivity index (χ2v) is 8.77. The number of hydrogen-bond acceptors (Lipinski definition) is 5. The van der Waals surface area contributed by atoms with Gasteiger partial charge in [-0.15, -0.1) is 0 Å². The van der Waals surface area contributed by atoms with Crippen LogP contribution in [0.3, 0.4) is 0 Å². The van der Waals surface area contributed by atoms with Crippen LogP contribution in [0, 0.1) is 17.7 Å². The lowest BCUT2D eigenvalue weighted by Gasteiger charge is -2.28. The average molecular weight is 445 g/mol. The van der Waals surface area contributed by atoms with Gasteiger partial charge in [0.1, 0.15) is 5.75 Å². The first kappa shape index (κ1) is 23.9. The van der Waals surface area contributed by atoms with Gasteiger partial charge in [0.15, 0.2) is 17.3 Å². The van der Waals surface area contributed by atoms with Crippen molar-refractivity contribution in [3.05, 3.63) is 53.3 Å². The van der Waals surface area contributed by atoms with Gasteiger partial charge in [-0.25, -0.2) is 4.39 Å². The van der Waals surface area contributed by atoms with Crippen molar-refractivity contribution in [1.82, 2.24) is 10.2 Å². The van der Waals surface area contributed by atoms with Crippen molar-refractivity contribution in [3.8, 4) is 17.2 Å². The van der Waals surface area contributed by atoms with Crippen LogP contribution in [0.25, 0.3) is 0 Å². The van der Waals surface area contributed by atoms with E-state index in [-0.39, 0.29) is 29.2 Å². The van der Waals surface area contributed by atoms with Crippen LogP contribution in [0.5, 0.6) is 17.2 Å². The third-order valence-corrected chi connectivity index (χ3v) is 5.24. The maximum absolute atomic E-state index is 14.6. The molecule has 1 aliphatic heterocycles. The van der Waals surface area contributed by atoms with Crippen LogP contribution >= 0.6 is 0 Å². The maximum atomic E-state index is 14.6. The molecule has 1 heterocycles. The number of amides is 1. The van der Waals surface area contributed by atoms with Gasteiger partial charge in [0, 0.05) is 38.5 Å². The van der Waals surface area contributed by atoms with Crippen LogP contribution in [0.15, 0.2) is 36.4 Å². The number of ether oxygens (including phenoxy) is 2. The van der Waals surface area contributed by atoms with E-state index >= 15 is 0 Å². The number of hydrogen-bond donors (Lipinski definition) is 2. The molecule has 0 spiro atoms. The molecule has 2 aromatic carbocycles. The molecule has 0 fully saturated rings. The molecule has 0 saturated carbocycles. The number of fused-ring (bicyclic) bond motifs is 1. The van der Waals surface area contributed by atoms with Crippen LogP contribution in [0.1, 0.15) is 38.3 Å². The lowest BCUT2D eigenvalue weighted by Crippen LogP contribution is -2.40. The number of nitrogens with zero attached hydrogens (tertiary/aromatic N) is 1. The van der Waals surface area contributed by atoms with Gasteiger partial charge < -0.3 is 24.8 Å². The summed E-state index contributed by atoms with van der Waals surface area (Å²) in [5, 5.41) is 12.9. The minimum Gasteiger partial charge on any atom is -0.508 e. The van der Waals surface area contributed by atoms with E-state index in [1.165, 1.54) is 6.07 Å². The molecule has 174 valence electrons. The van der Waals surface area contributed by atoms with Crippen LogP contribution in [-0.4, -0.2) is 42.2 Å². The van der Waals surface area contributed by atoms with Gasteiger partial charge in [0.2, 0.25) is 5.91 Å². The fourth-order valence-corrected chi connectivity index (χ4v) is 3.77. The van der Waals surface area contributed by atoms with Crippen molar-refractivity contribution in [3.63, 3.8) is 0 Å². The third kappa shape index (κ3) is 6.60. The van der Waals surface area contributed by atoms with Gasteiger partial charge in [-0.1, -0.05) is 32.9 Å². The third-order valence-electron chi connectivity index (χ3n) is 5.24. The molecule has 0 aliphatic carbocycles. The van der Waals surface area contributed by atoms with Crippen molar-refractivity contribution in [1.29, 1.82) is 0 Å². The molecule has 7 heteroatoms. The number of benzene rings is 2. The van der Waals surface area contributed by atoms with E-state index in [1.807, 2.05) is 13.0 Å². The van der Waals surface area contributed by atoms with Crippen molar-refractivity contribution in [2.24, 2.45) is 11.8 Å². The number of carbonyl (C=O) groups is 1. The average Bonchev–Trinajstić information content (AvgIpc) is 2.98. The first-order chi connectivity index (χ1) is 15.3. The maximum Gasteiger partial charge on any atom is 0.226 e. The van der Waals surface area contributed by atoms with Crippen LogP contribution in [-0.2, 0) is 17.9 Å². The predicted molar refractivity (Wildman–Crippen MR) is 121 cm³/mol. The first-order valence-electron chi connectivity index (χ1n) is 11.2. The summed E-state index contributed by atoms with van der Waals surface area (Å²) < 4.78 is 25.7. The van der Waals surface area contributed by atoms with Crippen molar-refractivity contribution in [2.45, 2.75) is 40.3 Å². The van der Waals surface area contributed by atoms with Gasteiger partial charge in [0.05, 0.1) is 13.2 Å².